The third-order valence-corrected chi connectivity index (χ3v) is 4.17. The van der Waals surface area contributed by atoms with Crippen LogP contribution in [-0.2, 0) is 0 Å². The van der Waals surface area contributed by atoms with Gasteiger partial charge in [0.05, 0.1) is 16.1 Å². The first-order chi connectivity index (χ1) is 13.3. The summed E-state index contributed by atoms with van der Waals surface area (Å²) in [5.41, 5.74) is 2.03. The molecule has 3 aromatic rings. The molecule has 8 heteroatoms. The Hall–Kier alpha value is -3.94. The second kappa shape index (κ2) is 7.36. The van der Waals surface area contributed by atoms with Gasteiger partial charge < -0.3 is 14.8 Å². The lowest BCUT2D eigenvalue weighted by molar-refractivity contribution is -0.384. The average Bonchev–Trinajstić information content (AvgIpc) is 3.13. The van der Waals surface area contributed by atoms with Crippen LogP contribution in [0.5, 0.6) is 0 Å². The van der Waals surface area contributed by atoms with E-state index in [1.165, 1.54) is 36.4 Å². The van der Waals surface area contributed by atoms with Crippen molar-refractivity contribution in [1.29, 1.82) is 0 Å². The highest BCUT2D eigenvalue weighted by atomic mass is 16.6. The maximum atomic E-state index is 12.4. The van der Waals surface area contributed by atoms with E-state index >= 15 is 0 Å². The van der Waals surface area contributed by atoms with Crippen LogP contribution in [0.1, 0.15) is 32.0 Å². The molecule has 0 atom stereocenters. The van der Waals surface area contributed by atoms with Crippen molar-refractivity contribution in [1.82, 2.24) is 0 Å². The lowest BCUT2D eigenvalue weighted by Crippen LogP contribution is -2.12. The standard InChI is InChI=1S/C20H16N2O6/c1-11-3-5-14(16(9-11)22(26)27)17-7-8-18(28-17)19(23)21-15-6-4-13(20(24)25)10-12(15)2/h3-10H,1-2H3,(H,21,23)(H,24,25). The van der Waals surface area contributed by atoms with Gasteiger partial charge in [-0.05, 0) is 61.4 Å². The molecular weight excluding hydrogens is 364 g/mol. The second-order valence-electron chi connectivity index (χ2n) is 6.23. The number of benzene rings is 2. The summed E-state index contributed by atoms with van der Waals surface area (Å²) in [7, 11) is 0. The molecule has 0 fully saturated rings. The highest BCUT2D eigenvalue weighted by molar-refractivity contribution is 6.03. The van der Waals surface area contributed by atoms with Crippen LogP contribution in [0.15, 0.2) is 52.9 Å². The number of carbonyl (C=O) groups excluding carboxylic acids is 1. The number of nitro groups is 1. The van der Waals surface area contributed by atoms with E-state index in [0.717, 1.165) is 5.56 Å². The number of nitro benzene ring substituents is 1. The zero-order valence-electron chi connectivity index (χ0n) is 15.1. The van der Waals surface area contributed by atoms with Gasteiger partial charge in [-0.25, -0.2) is 4.79 Å². The van der Waals surface area contributed by atoms with Gasteiger partial charge in [-0.15, -0.1) is 0 Å². The van der Waals surface area contributed by atoms with Crippen molar-refractivity contribution in [3.8, 4) is 11.3 Å². The molecule has 142 valence electrons. The molecule has 28 heavy (non-hydrogen) atoms. The van der Waals surface area contributed by atoms with Crippen molar-refractivity contribution in [2.24, 2.45) is 0 Å². The fourth-order valence-electron chi connectivity index (χ4n) is 2.73. The Labute approximate surface area is 159 Å². The molecule has 0 aliphatic carbocycles. The molecule has 2 N–H and O–H groups in total. The van der Waals surface area contributed by atoms with Gasteiger partial charge in [-0.2, -0.15) is 0 Å². The van der Waals surface area contributed by atoms with E-state index in [0.29, 0.717) is 11.3 Å². The number of furan rings is 1. The molecule has 0 radical (unpaired) electrons. The molecule has 0 spiro atoms. The molecule has 0 aliphatic heterocycles. The molecule has 0 saturated heterocycles. The minimum atomic E-state index is -1.06. The van der Waals surface area contributed by atoms with Gasteiger partial charge in [-0.1, -0.05) is 6.07 Å². The molecule has 0 saturated carbocycles. The van der Waals surface area contributed by atoms with E-state index in [-0.39, 0.29) is 28.3 Å². The summed E-state index contributed by atoms with van der Waals surface area (Å²) in [6, 6.07) is 12.0. The highest BCUT2D eigenvalue weighted by Crippen LogP contribution is 2.32. The zero-order chi connectivity index (χ0) is 20.4. The first-order valence-corrected chi connectivity index (χ1v) is 8.27. The van der Waals surface area contributed by atoms with Crippen LogP contribution >= 0.6 is 0 Å². The van der Waals surface area contributed by atoms with E-state index in [2.05, 4.69) is 5.32 Å². The second-order valence-corrected chi connectivity index (χ2v) is 6.23. The van der Waals surface area contributed by atoms with Crippen molar-refractivity contribution < 1.29 is 24.0 Å². The number of carboxylic acids is 1. The maximum absolute atomic E-state index is 12.4. The normalized spacial score (nSPS) is 10.5. The third-order valence-electron chi connectivity index (χ3n) is 4.17. The maximum Gasteiger partial charge on any atom is 0.335 e. The Balaban J connectivity index is 1.86. The van der Waals surface area contributed by atoms with Gasteiger partial charge in [0, 0.05) is 11.8 Å². The fraction of sp³-hybridized carbons (Fsp3) is 0.100. The average molecular weight is 380 g/mol. The van der Waals surface area contributed by atoms with Crippen LogP contribution < -0.4 is 5.32 Å². The molecule has 0 unspecified atom stereocenters. The molecule has 0 aliphatic rings. The number of hydrogen-bond acceptors (Lipinski definition) is 5. The summed E-state index contributed by atoms with van der Waals surface area (Å²) in [5, 5.41) is 22.9. The number of aromatic carboxylic acids is 1. The van der Waals surface area contributed by atoms with Gasteiger partial charge in [0.2, 0.25) is 0 Å². The Morgan fingerprint density at radius 2 is 1.82 bits per heavy atom. The van der Waals surface area contributed by atoms with E-state index < -0.39 is 16.8 Å². The minimum absolute atomic E-state index is 0.0217. The quantitative estimate of drug-likeness (QED) is 0.499. The molecular formula is C20H16N2O6. The SMILES string of the molecule is Cc1ccc(-c2ccc(C(=O)Nc3ccc(C(=O)O)cc3C)o2)c([N+](=O)[O-])c1. The smallest absolute Gasteiger partial charge is 0.335 e. The predicted octanol–water partition coefficient (Wildman–Crippen LogP) is 4.42. The molecule has 8 nitrogen and oxygen atoms in total. The first-order valence-electron chi connectivity index (χ1n) is 8.27. The monoisotopic (exact) mass is 380 g/mol. The van der Waals surface area contributed by atoms with Crippen molar-refractivity contribution in [2.45, 2.75) is 13.8 Å². The highest BCUT2D eigenvalue weighted by Gasteiger charge is 2.20. The van der Waals surface area contributed by atoms with E-state index in [4.69, 9.17) is 9.52 Å². The number of nitrogens with zero attached hydrogens (tertiary/aromatic N) is 1. The van der Waals surface area contributed by atoms with Crippen molar-refractivity contribution >= 4 is 23.3 Å². The van der Waals surface area contributed by atoms with Crippen LogP contribution in [0.2, 0.25) is 0 Å². The molecule has 1 amide bonds. The van der Waals surface area contributed by atoms with Crippen molar-refractivity contribution in [3.05, 3.63) is 81.1 Å². The summed E-state index contributed by atoms with van der Waals surface area (Å²) in [6.45, 7) is 3.42. The number of hydrogen-bond donors (Lipinski definition) is 2. The first kappa shape index (κ1) is 18.8. The minimum Gasteiger partial charge on any atom is -0.478 e. The molecule has 1 heterocycles. The lowest BCUT2D eigenvalue weighted by Gasteiger charge is -2.08. The van der Waals surface area contributed by atoms with Gasteiger partial charge in [0.15, 0.2) is 5.76 Å². The number of anilines is 1. The number of carbonyl (C=O) groups is 2. The van der Waals surface area contributed by atoms with Gasteiger partial charge in [0.1, 0.15) is 5.76 Å². The van der Waals surface area contributed by atoms with Crippen LogP contribution in [0.25, 0.3) is 11.3 Å². The lowest BCUT2D eigenvalue weighted by atomic mass is 10.1. The molecule has 0 bridgehead atoms. The summed E-state index contributed by atoms with van der Waals surface area (Å²) in [6.07, 6.45) is 0. The summed E-state index contributed by atoms with van der Waals surface area (Å²) >= 11 is 0. The number of rotatable bonds is 5. The number of amides is 1. The van der Waals surface area contributed by atoms with Crippen LogP contribution in [0.4, 0.5) is 11.4 Å². The Bertz CT molecular complexity index is 1100. The van der Waals surface area contributed by atoms with Crippen LogP contribution in [-0.4, -0.2) is 21.9 Å². The Kier molecular flexibility index (Phi) is 4.95. The zero-order valence-corrected chi connectivity index (χ0v) is 15.1. The van der Waals surface area contributed by atoms with E-state index in [1.807, 2.05) is 0 Å². The van der Waals surface area contributed by atoms with Crippen molar-refractivity contribution in [2.75, 3.05) is 5.32 Å². The summed E-state index contributed by atoms with van der Waals surface area (Å²) < 4.78 is 5.53. The van der Waals surface area contributed by atoms with Gasteiger partial charge >= 0.3 is 5.97 Å². The van der Waals surface area contributed by atoms with Crippen molar-refractivity contribution in [3.63, 3.8) is 0 Å². The molecule has 2 aromatic carbocycles. The van der Waals surface area contributed by atoms with E-state index in [1.54, 1.807) is 26.0 Å². The summed E-state index contributed by atoms with van der Waals surface area (Å²) in [4.78, 5) is 34.2. The predicted molar refractivity (Wildman–Crippen MR) is 102 cm³/mol. The molecule has 3 rings (SSSR count). The summed E-state index contributed by atoms with van der Waals surface area (Å²) in [5.74, 6) is -1.43. The van der Waals surface area contributed by atoms with Gasteiger partial charge in [-0.3, -0.25) is 14.9 Å². The van der Waals surface area contributed by atoms with Gasteiger partial charge in [0.25, 0.3) is 11.6 Å². The van der Waals surface area contributed by atoms with E-state index in [9.17, 15) is 19.7 Å². The van der Waals surface area contributed by atoms with Crippen LogP contribution in [0.3, 0.4) is 0 Å². The van der Waals surface area contributed by atoms with Crippen LogP contribution in [0, 0.1) is 24.0 Å². The largest absolute Gasteiger partial charge is 0.478 e. The topological polar surface area (TPSA) is 123 Å². The number of aryl methyl sites for hydroxylation is 2. The number of nitrogens with one attached hydrogen (secondary N) is 1. The fourth-order valence-corrected chi connectivity index (χ4v) is 2.73. The Morgan fingerprint density at radius 1 is 1.07 bits per heavy atom. The molecule has 1 aromatic heterocycles. The number of carboxylic acid groups (broad SMARTS) is 1. The Morgan fingerprint density at radius 3 is 2.46 bits per heavy atom. The third kappa shape index (κ3) is 3.75.